The second-order valence-corrected chi connectivity index (χ2v) is 8.74. The van der Waals surface area contributed by atoms with Gasteiger partial charge in [0.25, 0.3) is 5.56 Å². The summed E-state index contributed by atoms with van der Waals surface area (Å²) in [5.74, 6) is 0.484. The van der Waals surface area contributed by atoms with Gasteiger partial charge >= 0.3 is 0 Å². The average molecular weight is 420 g/mol. The van der Waals surface area contributed by atoms with Crippen LogP contribution in [0, 0.1) is 19.8 Å². The van der Waals surface area contributed by atoms with E-state index >= 15 is 0 Å². The zero-order chi connectivity index (χ0) is 22.3. The van der Waals surface area contributed by atoms with Gasteiger partial charge in [-0.3, -0.25) is 14.7 Å². The predicted octanol–water partition coefficient (Wildman–Crippen LogP) is 4.13. The molecule has 4 aromatic rings. The number of carbonyl (C=O) groups excluding carboxylic acids is 1. The molecule has 0 saturated heterocycles. The van der Waals surface area contributed by atoms with Crippen LogP contribution in [0.3, 0.4) is 0 Å². The molecule has 3 heterocycles. The molecule has 0 aliphatic heterocycles. The molecule has 1 atom stereocenters. The first-order valence-corrected chi connectivity index (χ1v) is 10.7. The van der Waals surface area contributed by atoms with E-state index in [1.54, 1.807) is 4.52 Å². The van der Waals surface area contributed by atoms with E-state index in [1.165, 1.54) is 6.07 Å². The fourth-order valence-corrected chi connectivity index (χ4v) is 4.47. The first-order valence-electron chi connectivity index (χ1n) is 10.7. The van der Waals surface area contributed by atoms with Crippen LogP contribution in [-0.4, -0.2) is 31.5 Å². The number of carbonyl (C=O) groups is 1. The lowest BCUT2D eigenvalue weighted by Crippen LogP contribution is -2.40. The van der Waals surface area contributed by atoms with Crippen molar-refractivity contribution < 1.29 is 4.79 Å². The van der Waals surface area contributed by atoms with Gasteiger partial charge in [-0.25, -0.2) is 9.50 Å². The number of amides is 1. The highest BCUT2D eigenvalue weighted by molar-refractivity contribution is 5.97. The molecule has 0 bridgehead atoms. The van der Waals surface area contributed by atoms with E-state index < -0.39 is 0 Å². The minimum Gasteiger partial charge on any atom is -0.361 e. The standard InChI is InChI=1S/C24H29N5O2/c1-14(2)10-15(3)28(19-6-7-21-18(11-19)8-9-25-21)24(31)12-20-16(4)26-22-13-23(30)27-29(22)17(20)5/h6-9,11,13-15,25H,10,12H2,1-5H3,(H,27,30). The van der Waals surface area contributed by atoms with E-state index in [1.807, 2.05) is 43.1 Å². The first kappa shape index (κ1) is 20.9. The summed E-state index contributed by atoms with van der Waals surface area (Å²) in [6, 6.07) is 9.61. The lowest BCUT2D eigenvalue weighted by molar-refractivity contribution is -0.118. The number of aryl methyl sites for hydroxylation is 2. The molecule has 7 heteroatoms. The highest BCUT2D eigenvalue weighted by atomic mass is 16.2. The van der Waals surface area contributed by atoms with Crippen LogP contribution in [-0.2, 0) is 11.2 Å². The van der Waals surface area contributed by atoms with Gasteiger partial charge in [0.05, 0.1) is 6.42 Å². The van der Waals surface area contributed by atoms with E-state index in [4.69, 9.17) is 0 Å². The maximum Gasteiger partial charge on any atom is 0.266 e. The third kappa shape index (κ3) is 4.00. The van der Waals surface area contributed by atoms with Gasteiger partial charge in [-0.15, -0.1) is 0 Å². The number of nitrogens with zero attached hydrogens (tertiary/aromatic N) is 3. The van der Waals surface area contributed by atoms with E-state index in [0.29, 0.717) is 11.6 Å². The second kappa shape index (κ2) is 8.06. The zero-order valence-corrected chi connectivity index (χ0v) is 18.7. The van der Waals surface area contributed by atoms with Crippen molar-refractivity contribution in [2.45, 2.75) is 53.5 Å². The normalized spacial score (nSPS) is 12.7. The number of aromatic amines is 2. The third-order valence-electron chi connectivity index (χ3n) is 5.87. The summed E-state index contributed by atoms with van der Waals surface area (Å²) in [4.78, 5) is 35.1. The van der Waals surface area contributed by atoms with Crippen LogP contribution in [0.2, 0.25) is 0 Å². The average Bonchev–Trinajstić information content (AvgIpc) is 3.30. The molecule has 3 aromatic heterocycles. The Kier molecular flexibility index (Phi) is 5.43. The Hall–Kier alpha value is -3.35. The maximum absolute atomic E-state index is 13.7. The maximum atomic E-state index is 13.7. The molecule has 0 saturated carbocycles. The van der Waals surface area contributed by atoms with Crippen molar-refractivity contribution in [2.75, 3.05) is 4.90 Å². The highest BCUT2D eigenvalue weighted by Gasteiger charge is 2.25. The van der Waals surface area contributed by atoms with Crippen molar-refractivity contribution in [3.8, 4) is 0 Å². The summed E-state index contributed by atoms with van der Waals surface area (Å²) in [7, 11) is 0. The molecule has 4 rings (SSSR count). The zero-order valence-electron chi connectivity index (χ0n) is 18.7. The van der Waals surface area contributed by atoms with Gasteiger partial charge < -0.3 is 9.88 Å². The Morgan fingerprint density at radius 1 is 1.16 bits per heavy atom. The number of fused-ring (bicyclic) bond motifs is 2. The number of anilines is 1. The largest absolute Gasteiger partial charge is 0.361 e. The third-order valence-corrected chi connectivity index (χ3v) is 5.87. The van der Waals surface area contributed by atoms with E-state index in [2.05, 4.69) is 41.9 Å². The molecule has 162 valence electrons. The monoisotopic (exact) mass is 419 g/mol. The van der Waals surface area contributed by atoms with Crippen molar-refractivity contribution >= 4 is 28.1 Å². The molecule has 31 heavy (non-hydrogen) atoms. The molecule has 0 fully saturated rings. The molecule has 1 aromatic carbocycles. The molecule has 2 N–H and O–H groups in total. The Labute approximate surface area is 181 Å². The van der Waals surface area contributed by atoms with Gasteiger partial charge in [0.15, 0.2) is 5.65 Å². The van der Waals surface area contributed by atoms with E-state index in [9.17, 15) is 9.59 Å². The van der Waals surface area contributed by atoms with Crippen LogP contribution in [0.4, 0.5) is 5.69 Å². The van der Waals surface area contributed by atoms with E-state index in [-0.39, 0.29) is 23.9 Å². The number of hydrogen-bond acceptors (Lipinski definition) is 3. The van der Waals surface area contributed by atoms with Gasteiger partial charge in [0.1, 0.15) is 0 Å². The van der Waals surface area contributed by atoms with Crippen LogP contribution in [0.25, 0.3) is 16.6 Å². The van der Waals surface area contributed by atoms with Crippen molar-refractivity contribution in [1.29, 1.82) is 0 Å². The van der Waals surface area contributed by atoms with Crippen LogP contribution >= 0.6 is 0 Å². The smallest absolute Gasteiger partial charge is 0.266 e. The van der Waals surface area contributed by atoms with Crippen molar-refractivity contribution in [1.82, 2.24) is 19.6 Å². The van der Waals surface area contributed by atoms with Crippen LogP contribution in [0.15, 0.2) is 41.3 Å². The SMILES string of the molecule is Cc1nc2cc(=O)[nH]n2c(C)c1CC(=O)N(c1ccc2[nH]ccc2c1)C(C)CC(C)C. The van der Waals surface area contributed by atoms with Gasteiger partial charge in [-0.05, 0) is 57.4 Å². The molecule has 1 unspecified atom stereocenters. The minimum absolute atomic E-state index is 0.0184. The van der Waals surface area contributed by atoms with Gasteiger partial charge in [0, 0.05) is 51.8 Å². The first-order chi connectivity index (χ1) is 14.7. The predicted molar refractivity (Wildman–Crippen MR) is 124 cm³/mol. The topological polar surface area (TPSA) is 86.3 Å². The molecule has 0 radical (unpaired) electrons. The van der Waals surface area contributed by atoms with E-state index in [0.717, 1.165) is 40.0 Å². The lowest BCUT2D eigenvalue weighted by Gasteiger charge is -2.31. The van der Waals surface area contributed by atoms with Crippen LogP contribution < -0.4 is 10.5 Å². The number of benzene rings is 1. The van der Waals surface area contributed by atoms with Crippen molar-refractivity contribution in [3.63, 3.8) is 0 Å². The number of nitrogens with one attached hydrogen (secondary N) is 2. The summed E-state index contributed by atoms with van der Waals surface area (Å²) in [6.45, 7) is 10.2. The summed E-state index contributed by atoms with van der Waals surface area (Å²) < 4.78 is 1.66. The molecular weight excluding hydrogens is 390 g/mol. The highest BCUT2D eigenvalue weighted by Crippen LogP contribution is 2.27. The molecule has 0 spiro atoms. The Morgan fingerprint density at radius 2 is 1.94 bits per heavy atom. The van der Waals surface area contributed by atoms with Crippen LogP contribution in [0.5, 0.6) is 0 Å². The Bertz CT molecular complexity index is 1310. The summed E-state index contributed by atoms with van der Waals surface area (Å²) in [6.07, 6.45) is 3.02. The van der Waals surface area contributed by atoms with Crippen molar-refractivity contribution in [2.24, 2.45) is 5.92 Å². The number of hydrogen-bond donors (Lipinski definition) is 2. The fourth-order valence-electron chi connectivity index (χ4n) is 4.47. The molecule has 1 amide bonds. The fraction of sp³-hybridized carbons (Fsp3) is 0.375. The van der Waals surface area contributed by atoms with Crippen LogP contribution in [0.1, 0.15) is 44.1 Å². The molecule has 7 nitrogen and oxygen atoms in total. The number of H-pyrrole nitrogens is 2. The van der Waals surface area contributed by atoms with Gasteiger partial charge in [-0.1, -0.05) is 13.8 Å². The lowest BCUT2D eigenvalue weighted by atomic mass is 10.0. The summed E-state index contributed by atoms with van der Waals surface area (Å²) in [5.41, 5.74) is 4.74. The second-order valence-electron chi connectivity index (χ2n) is 8.74. The molecule has 0 aliphatic carbocycles. The van der Waals surface area contributed by atoms with Gasteiger partial charge in [-0.2, -0.15) is 0 Å². The van der Waals surface area contributed by atoms with Crippen molar-refractivity contribution in [3.05, 3.63) is 63.8 Å². The molecule has 0 aliphatic rings. The Morgan fingerprint density at radius 3 is 2.68 bits per heavy atom. The molecular formula is C24H29N5O2. The summed E-state index contributed by atoms with van der Waals surface area (Å²) in [5, 5.41) is 3.84. The Balaban J connectivity index is 1.73. The number of aromatic nitrogens is 4. The minimum atomic E-state index is -0.203. The van der Waals surface area contributed by atoms with Gasteiger partial charge in [0.2, 0.25) is 5.91 Å². The quantitative estimate of drug-likeness (QED) is 0.493. The summed E-state index contributed by atoms with van der Waals surface area (Å²) >= 11 is 0. The number of rotatable bonds is 6.